The summed E-state index contributed by atoms with van der Waals surface area (Å²) in [5.74, 6) is -1.84. The van der Waals surface area contributed by atoms with E-state index in [1.165, 1.54) is 22.7 Å². The third-order valence-electron chi connectivity index (χ3n) is 3.12. The first-order valence-electron chi connectivity index (χ1n) is 6.12. The highest BCUT2D eigenvalue weighted by molar-refractivity contribution is 5.96. The summed E-state index contributed by atoms with van der Waals surface area (Å²) >= 11 is 0. The third kappa shape index (κ3) is 2.12. The average Bonchev–Trinajstić information content (AvgIpc) is 2.87. The maximum Gasteiger partial charge on any atom is 0.356 e. The van der Waals surface area contributed by atoms with Crippen LogP contribution in [0.15, 0.2) is 48.7 Å². The fourth-order valence-electron chi connectivity index (χ4n) is 2.16. The summed E-state index contributed by atoms with van der Waals surface area (Å²) in [6.45, 7) is 0. The van der Waals surface area contributed by atoms with E-state index in [4.69, 9.17) is 5.11 Å². The van der Waals surface area contributed by atoms with Crippen LogP contribution in [0.1, 0.15) is 20.8 Å². The number of nitrogens with zero attached hydrogens (tertiary/aromatic N) is 2. The van der Waals surface area contributed by atoms with Gasteiger partial charge < -0.3 is 10.2 Å². The summed E-state index contributed by atoms with van der Waals surface area (Å²) in [4.78, 5) is 26.5. The molecule has 2 heterocycles. The van der Waals surface area contributed by atoms with Crippen LogP contribution in [-0.4, -0.2) is 31.5 Å². The number of benzene rings is 1. The zero-order valence-corrected chi connectivity index (χ0v) is 10.7. The summed E-state index contributed by atoms with van der Waals surface area (Å²) in [6, 6.07) is 11.8. The van der Waals surface area contributed by atoms with Crippen LogP contribution in [0, 0.1) is 0 Å². The van der Waals surface area contributed by atoms with Gasteiger partial charge in [-0.15, -0.1) is 0 Å². The van der Waals surface area contributed by atoms with Gasteiger partial charge in [0.2, 0.25) is 0 Å². The maximum atomic E-state index is 11.3. The highest BCUT2D eigenvalue weighted by Crippen LogP contribution is 2.23. The Kier molecular flexibility index (Phi) is 2.91. The molecule has 0 aliphatic rings. The van der Waals surface area contributed by atoms with E-state index in [0.717, 1.165) is 0 Å². The van der Waals surface area contributed by atoms with Crippen molar-refractivity contribution < 1.29 is 19.8 Å². The monoisotopic (exact) mass is 282 g/mol. The largest absolute Gasteiger partial charge is 0.478 e. The molecule has 0 saturated carbocycles. The number of hydrogen-bond acceptors (Lipinski definition) is 3. The molecule has 104 valence electrons. The van der Waals surface area contributed by atoms with Crippen molar-refractivity contribution in [1.29, 1.82) is 0 Å². The van der Waals surface area contributed by atoms with Crippen LogP contribution in [0.2, 0.25) is 0 Å². The van der Waals surface area contributed by atoms with Crippen LogP contribution in [0.3, 0.4) is 0 Å². The molecule has 0 aliphatic carbocycles. The second-order valence-electron chi connectivity index (χ2n) is 4.43. The molecular weight excluding hydrogens is 272 g/mol. The topological polar surface area (TPSA) is 91.9 Å². The highest BCUT2D eigenvalue weighted by atomic mass is 16.4. The molecule has 6 nitrogen and oxygen atoms in total. The number of carboxylic acid groups (broad SMARTS) is 2. The van der Waals surface area contributed by atoms with E-state index in [1.54, 1.807) is 24.3 Å². The van der Waals surface area contributed by atoms with E-state index in [1.807, 2.05) is 6.07 Å². The van der Waals surface area contributed by atoms with E-state index >= 15 is 0 Å². The molecule has 21 heavy (non-hydrogen) atoms. The first-order chi connectivity index (χ1) is 10.1. The summed E-state index contributed by atoms with van der Waals surface area (Å²) < 4.78 is 1.49. The van der Waals surface area contributed by atoms with E-state index < -0.39 is 11.9 Å². The molecule has 0 amide bonds. The second-order valence-corrected chi connectivity index (χ2v) is 4.43. The van der Waals surface area contributed by atoms with Crippen LogP contribution in [-0.2, 0) is 0 Å². The van der Waals surface area contributed by atoms with Gasteiger partial charge in [-0.2, -0.15) is 0 Å². The summed E-state index contributed by atoms with van der Waals surface area (Å²) in [7, 11) is 0. The molecule has 3 aromatic rings. The number of aromatic carboxylic acids is 2. The smallest absolute Gasteiger partial charge is 0.356 e. The molecule has 0 radical (unpaired) electrons. The SMILES string of the molecule is O=C(O)c1ccc2c(C(=O)O)nc(-c3ccccc3)n2c1. The lowest BCUT2D eigenvalue weighted by Crippen LogP contribution is -2.00. The van der Waals surface area contributed by atoms with E-state index in [-0.39, 0.29) is 11.3 Å². The number of carbonyl (C=O) groups is 2. The molecule has 2 aromatic heterocycles. The molecule has 0 spiro atoms. The van der Waals surface area contributed by atoms with Gasteiger partial charge in [0, 0.05) is 11.8 Å². The number of pyridine rings is 1. The number of carboxylic acids is 2. The zero-order valence-electron chi connectivity index (χ0n) is 10.7. The lowest BCUT2D eigenvalue weighted by Gasteiger charge is -2.02. The molecule has 3 rings (SSSR count). The van der Waals surface area contributed by atoms with Crippen LogP contribution < -0.4 is 0 Å². The Morgan fingerprint density at radius 1 is 0.952 bits per heavy atom. The van der Waals surface area contributed by atoms with Crippen molar-refractivity contribution in [2.24, 2.45) is 0 Å². The number of imidazole rings is 1. The Morgan fingerprint density at radius 2 is 1.67 bits per heavy atom. The molecule has 0 fully saturated rings. The number of rotatable bonds is 3. The standard InChI is InChI=1S/C15H10N2O4/c18-14(19)10-6-7-11-12(15(20)21)16-13(17(11)8-10)9-4-2-1-3-5-9/h1-8H,(H,18,19)(H,20,21). The van der Waals surface area contributed by atoms with Crippen molar-refractivity contribution in [2.45, 2.75) is 0 Å². The first-order valence-corrected chi connectivity index (χ1v) is 6.12. The Balaban J connectivity index is 2.35. The minimum absolute atomic E-state index is 0.0639. The van der Waals surface area contributed by atoms with Crippen molar-refractivity contribution in [3.05, 3.63) is 59.9 Å². The third-order valence-corrected chi connectivity index (χ3v) is 3.12. The summed E-state index contributed by atoms with van der Waals surface area (Å²) in [6.07, 6.45) is 1.37. The molecule has 6 heteroatoms. The predicted octanol–water partition coefficient (Wildman–Crippen LogP) is 2.40. The van der Waals surface area contributed by atoms with Gasteiger partial charge in [-0.3, -0.25) is 4.40 Å². The maximum absolute atomic E-state index is 11.3. The number of aromatic nitrogens is 2. The molecule has 1 aromatic carbocycles. The van der Waals surface area contributed by atoms with E-state index in [0.29, 0.717) is 16.9 Å². The quantitative estimate of drug-likeness (QED) is 0.769. The Morgan fingerprint density at radius 3 is 2.29 bits per heavy atom. The van der Waals surface area contributed by atoms with Crippen molar-refractivity contribution in [3.8, 4) is 11.4 Å². The van der Waals surface area contributed by atoms with Crippen LogP contribution in [0.25, 0.3) is 16.9 Å². The first kappa shape index (κ1) is 12.9. The fraction of sp³-hybridized carbons (Fsp3) is 0. The van der Waals surface area contributed by atoms with Gasteiger partial charge in [-0.05, 0) is 12.1 Å². The molecular formula is C15H10N2O4. The van der Waals surface area contributed by atoms with Gasteiger partial charge in [0.05, 0.1) is 11.1 Å². The van der Waals surface area contributed by atoms with Crippen molar-refractivity contribution in [2.75, 3.05) is 0 Å². The number of fused-ring (bicyclic) bond motifs is 1. The predicted molar refractivity (Wildman–Crippen MR) is 74.5 cm³/mol. The van der Waals surface area contributed by atoms with E-state index in [2.05, 4.69) is 4.98 Å². The second kappa shape index (κ2) is 4.75. The number of hydrogen-bond donors (Lipinski definition) is 2. The molecule has 0 saturated heterocycles. The van der Waals surface area contributed by atoms with Crippen LogP contribution >= 0.6 is 0 Å². The lowest BCUT2D eigenvalue weighted by atomic mass is 10.2. The lowest BCUT2D eigenvalue weighted by molar-refractivity contribution is 0.0685. The van der Waals surface area contributed by atoms with Gasteiger partial charge in [-0.1, -0.05) is 30.3 Å². The molecule has 0 bridgehead atoms. The van der Waals surface area contributed by atoms with E-state index in [9.17, 15) is 14.7 Å². The van der Waals surface area contributed by atoms with Gasteiger partial charge in [0.25, 0.3) is 0 Å². The van der Waals surface area contributed by atoms with Gasteiger partial charge in [0.15, 0.2) is 5.69 Å². The normalized spacial score (nSPS) is 10.7. The highest BCUT2D eigenvalue weighted by Gasteiger charge is 2.18. The van der Waals surface area contributed by atoms with Crippen molar-refractivity contribution >= 4 is 17.5 Å². The minimum atomic E-state index is -1.15. The Hall–Kier alpha value is -3.15. The van der Waals surface area contributed by atoms with Crippen molar-refractivity contribution in [3.63, 3.8) is 0 Å². The van der Waals surface area contributed by atoms with Crippen molar-refractivity contribution in [1.82, 2.24) is 9.38 Å². The summed E-state index contributed by atoms with van der Waals surface area (Å²) in [5.41, 5.74) is 1.02. The average molecular weight is 282 g/mol. The van der Waals surface area contributed by atoms with Crippen LogP contribution in [0.4, 0.5) is 0 Å². The Bertz CT molecular complexity index is 853. The minimum Gasteiger partial charge on any atom is -0.478 e. The fourth-order valence-corrected chi connectivity index (χ4v) is 2.16. The van der Waals surface area contributed by atoms with Gasteiger partial charge in [0.1, 0.15) is 5.82 Å². The summed E-state index contributed by atoms with van der Waals surface area (Å²) in [5, 5.41) is 18.3. The Labute approximate surface area is 118 Å². The zero-order chi connectivity index (χ0) is 15.0. The molecule has 2 N–H and O–H groups in total. The molecule has 0 aliphatic heterocycles. The molecule has 0 atom stereocenters. The molecule has 0 unspecified atom stereocenters. The van der Waals surface area contributed by atoms with Crippen LogP contribution in [0.5, 0.6) is 0 Å². The van der Waals surface area contributed by atoms with Gasteiger partial charge in [-0.25, -0.2) is 14.6 Å². The van der Waals surface area contributed by atoms with Gasteiger partial charge >= 0.3 is 11.9 Å².